The Balaban J connectivity index is 1.14. The molecule has 220 valence electrons. The molecule has 0 bridgehead atoms. The van der Waals surface area contributed by atoms with Gasteiger partial charge in [-0.15, -0.1) is 0 Å². The predicted octanol–water partition coefficient (Wildman–Crippen LogP) is -2.80. The minimum atomic E-state index is -4.96. The molecule has 20 nitrogen and oxygen atoms in total. The highest BCUT2D eigenvalue weighted by Crippen LogP contribution is 2.49. The molecule has 21 heteroatoms. The van der Waals surface area contributed by atoms with E-state index in [0.29, 0.717) is 0 Å². The van der Waals surface area contributed by atoms with Crippen LogP contribution in [0.5, 0.6) is 0 Å². The number of aliphatic hydroxyl groups is 4. The molecule has 9 atom stereocenters. The molecule has 2 aliphatic heterocycles. The van der Waals surface area contributed by atoms with Crippen molar-refractivity contribution in [1.29, 1.82) is 0 Å². The van der Waals surface area contributed by atoms with Gasteiger partial charge in [-0.3, -0.25) is 18.2 Å². The number of imidazole rings is 2. The van der Waals surface area contributed by atoms with Crippen molar-refractivity contribution in [3.8, 4) is 0 Å². The summed E-state index contributed by atoms with van der Waals surface area (Å²) in [5.41, 5.74) is 12.5. The predicted molar refractivity (Wildman–Crippen MR) is 133 cm³/mol. The Bertz CT molecular complexity index is 1620. The third kappa shape index (κ3) is 4.78. The normalized spacial score (nSPS) is 31.7. The van der Waals surface area contributed by atoms with Crippen LogP contribution in [0, 0.1) is 0 Å². The molecular formula is C20H25N10O10P. The maximum atomic E-state index is 12.9. The van der Waals surface area contributed by atoms with Crippen LogP contribution in [0.4, 0.5) is 11.6 Å². The Kier molecular flexibility index (Phi) is 7.06. The first-order chi connectivity index (χ1) is 19.6. The van der Waals surface area contributed by atoms with Gasteiger partial charge >= 0.3 is 7.82 Å². The molecule has 0 aromatic carbocycles. The van der Waals surface area contributed by atoms with E-state index < -0.39 is 70.1 Å². The second-order valence-electron chi connectivity index (χ2n) is 9.28. The summed E-state index contributed by atoms with van der Waals surface area (Å²) in [6.07, 6.45) is -6.18. The Morgan fingerprint density at radius 3 is 1.93 bits per heavy atom. The first-order valence-electron chi connectivity index (χ1n) is 12.1. The van der Waals surface area contributed by atoms with Gasteiger partial charge in [0.1, 0.15) is 60.3 Å². The van der Waals surface area contributed by atoms with Crippen LogP contribution >= 0.6 is 7.82 Å². The molecule has 0 aliphatic carbocycles. The van der Waals surface area contributed by atoms with E-state index in [1.807, 2.05) is 0 Å². The lowest BCUT2D eigenvalue weighted by molar-refractivity contribution is -0.0585. The molecule has 0 saturated carbocycles. The summed E-state index contributed by atoms with van der Waals surface area (Å²) in [4.78, 5) is 34.4. The first kappa shape index (κ1) is 27.7. The molecule has 41 heavy (non-hydrogen) atoms. The summed E-state index contributed by atoms with van der Waals surface area (Å²) in [6, 6.07) is 0. The average molecular weight is 596 g/mol. The second-order valence-corrected chi connectivity index (χ2v) is 10.7. The van der Waals surface area contributed by atoms with Gasteiger partial charge in [0.15, 0.2) is 35.4 Å². The van der Waals surface area contributed by atoms with Crippen molar-refractivity contribution in [3.63, 3.8) is 0 Å². The number of hydrogen-bond acceptors (Lipinski definition) is 17. The van der Waals surface area contributed by atoms with Crippen LogP contribution in [-0.2, 0) is 23.1 Å². The van der Waals surface area contributed by atoms with E-state index in [1.54, 1.807) is 0 Å². The molecule has 2 unspecified atom stereocenters. The van der Waals surface area contributed by atoms with Crippen molar-refractivity contribution >= 4 is 41.8 Å². The van der Waals surface area contributed by atoms with E-state index in [2.05, 4.69) is 29.9 Å². The van der Waals surface area contributed by atoms with Crippen molar-refractivity contribution in [1.82, 2.24) is 39.0 Å². The number of phosphoric ester groups is 1. The molecule has 2 saturated heterocycles. The third-order valence-corrected chi connectivity index (χ3v) is 7.79. The SMILES string of the molecule is Nc1ncnc2c1ncn2C1O[C@H](COP(=O)(O)O[C@H]2[C@@H](O)[C@@H](n3cnc4c(N)ncnc43)O[C@@H]2CO)[C@@H](O)[C@H]1O. The van der Waals surface area contributed by atoms with Crippen molar-refractivity contribution < 1.29 is 48.4 Å². The van der Waals surface area contributed by atoms with E-state index in [9.17, 15) is 29.9 Å². The van der Waals surface area contributed by atoms with Gasteiger partial charge in [0.25, 0.3) is 0 Å². The van der Waals surface area contributed by atoms with E-state index in [-0.39, 0.29) is 34.0 Å². The standard InChI is InChI=1S/C20H25N10O10P/c21-15-9-17(25-3-23-15)29(5-27-9)19-12(33)11(32)8(39-19)2-37-41(35,36)40-14-7(1-31)38-20(13(14)34)30-6-28-10-16(22)24-4-26-18(10)30/h3-8,11-14,19-20,31-34H,1-2H2,(H,35,36)(H2,21,23,25)(H2,22,24,26)/t7-,8-,11-,12-,13-,14-,19?,20+/m1/s1. The topological polar surface area (TPSA) is 294 Å². The number of hydrogen-bond donors (Lipinski definition) is 7. The Hall–Kier alpha value is -3.43. The van der Waals surface area contributed by atoms with Gasteiger partial charge in [-0.25, -0.2) is 34.5 Å². The molecule has 2 aliphatic rings. The van der Waals surface area contributed by atoms with Gasteiger partial charge < -0.3 is 46.3 Å². The van der Waals surface area contributed by atoms with Crippen LogP contribution in [0.3, 0.4) is 0 Å². The molecule has 0 amide bonds. The molecule has 6 rings (SSSR count). The molecule has 0 radical (unpaired) electrons. The zero-order valence-electron chi connectivity index (χ0n) is 20.8. The quantitative estimate of drug-likeness (QED) is 0.101. The number of nitrogen functional groups attached to an aromatic ring is 2. The van der Waals surface area contributed by atoms with Crippen molar-refractivity contribution in [2.45, 2.75) is 49.1 Å². The highest BCUT2D eigenvalue weighted by Gasteiger charge is 2.50. The maximum Gasteiger partial charge on any atom is 0.472 e. The molecule has 2 fully saturated rings. The van der Waals surface area contributed by atoms with E-state index >= 15 is 0 Å². The van der Waals surface area contributed by atoms with Gasteiger partial charge in [-0.05, 0) is 0 Å². The van der Waals surface area contributed by atoms with Gasteiger partial charge in [0.05, 0.1) is 25.9 Å². The third-order valence-electron chi connectivity index (χ3n) is 6.81. The van der Waals surface area contributed by atoms with Crippen LogP contribution in [0.2, 0.25) is 0 Å². The van der Waals surface area contributed by atoms with Crippen molar-refractivity contribution in [2.75, 3.05) is 24.7 Å². The van der Waals surface area contributed by atoms with Crippen LogP contribution in [0.15, 0.2) is 25.3 Å². The van der Waals surface area contributed by atoms with Crippen LogP contribution in [-0.4, -0.2) is 114 Å². The van der Waals surface area contributed by atoms with Crippen molar-refractivity contribution in [2.24, 2.45) is 0 Å². The molecular weight excluding hydrogens is 571 g/mol. The minimum Gasteiger partial charge on any atom is -0.394 e. The summed E-state index contributed by atoms with van der Waals surface area (Å²) < 4.78 is 37.1. The number of anilines is 2. The van der Waals surface area contributed by atoms with Gasteiger partial charge in [-0.2, -0.15) is 0 Å². The molecule has 6 heterocycles. The summed E-state index contributed by atoms with van der Waals surface area (Å²) >= 11 is 0. The van der Waals surface area contributed by atoms with Crippen molar-refractivity contribution in [3.05, 3.63) is 25.3 Å². The molecule has 4 aromatic rings. The lowest BCUT2D eigenvalue weighted by Crippen LogP contribution is -2.36. The maximum absolute atomic E-state index is 12.9. The van der Waals surface area contributed by atoms with E-state index in [1.165, 1.54) is 34.4 Å². The van der Waals surface area contributed by atoms with Gasteiger partial charge in [0.2, 0.25) is 0 Å². The highest BCUT2D eigenvalue weighted by atomic mass is 31.2. The fraction of sp³-hybridized carbons (Fsp3) is 0.500. The number of nitrogens with zero attached hydrogens (tertiary/aromatic N) is 8. The molecule has 4 aromatic heterocycles. The van der Waals surface area contributed by atoms with Crippen LogP contribution < -0.4 is 11.5 Å². The summed E-state index contributed by atoms with van der Waals surface area (Å²) in [5.74, 6) is 0.184. The number of phosphoric acid groups is 1. The van der Waals surface area contributed by atoms with Gasteiger partial charge in [-0.1, -0.05) is 0 Å². The zero-order valence-corrected chi connectivity index (χ0v) is 21.7. The Morgan fingerprint density at radius 1 is 0.829 bits per heavy atom. The lowest BCUT2D eigenvalue weighted by atomic mass is 10.1. The fourth-order valence-corrected chi connectivity index (χ4v) is 5.75. The van der Waals surface area contributed by atoms with Crippen LogP contribution in [0.25, 0.3) is 22.3 Å². The second kappa shape index (κ2) is 10.4. The number of fused-ring (bicyclic) bond motifs is 2. The fourth-order valence-electron chi connectivity index (χ4n) is 4.79. The summed E-state index contributed by atoms with van der Waals surface area (Å²) in [5, 5.41) is 41.8. The zero-order chi connectivity index (χ0) is 29.1. The largest absolute Gasteiger partial charge is 0.472 e. The molecule has 9 N–H and O–H groups in total. The lowest BCUT2D eigenvalue weighted by Gasteiger charge is -2.23. The Morgan fingerprint density at radius 2 is 1.37 bits per heavy atom. The smallest absolute Gasteiger partial charge is 0.394 e. The van der Waals surface area contributed by atoms with E-state index in [4.69, 9.17) is 30.0 Å². The highest BCUT2D eigenvalue weighted by molar-refractivity contribution is 7.47. The minimum absolute atomic E-state index is 0.0864. The Labute approximate surface area is 228 Å². The van der Waals surface area contributed by atoms with E-state index in [0.717, 1.165) is 0 Å². The molecule has 0 spiro atoms. The number of nitrogens with two attached hydrogens (primary N) is 2. The van der Waals surface area contributed by atoms with Gasteiger partial charge in [0, 0.05) is 0 Å². The average Bonchev–Trinajstić information content (AvgIpc) is 3.70. The number of aliphatic hydroxyl groups excluding tert-OH is 4. The van der Waals surface area contributed by atoms with Crippen LogP contribution in [0.1, 0.15) is 12.5 Å². The number of ether oxygens (including phenoxy) is 2. The monoisotopic (exact) mass is 596 g/mol. The summed E-state index contributed by atoms with van der Waals surface area (Å²) in [6.45, 7) is -1.39. The number of aromatic nitrogens is 8. The first-order valence-corrected chi connectivity index (χ1v) is 13.6. The number of rotatable bonds is 8. The summed E-state index contributed by atoms with van der Waals surface area (Å²) in [7, 11) is -4.96.